The van der Waals surface area contributed by atoms with Crippen LogP contribution in [0.2, 0.25) is 0 Å². The Morgan fingerprint density at radius 3 is 2.88 bits per heavy atom. The average molecular weight is 326 g/mol. The van der Waals surface area contributed by atoms with Crippen LogP contribution in [0.4, 0.5) is 0 Å². The number of pyridine rings is 1. The Labute approximate surface area is 140 Å². The minimum atomic E-state index is -0.0143. The van der Waals surface area contributed by atoms with Crippen molar-refractivity contribution in [1.82, 2.24) is 19.7 Å². The monoisotopic (exact) mass is 326 g/mol. The summed E-state index contributed by atoms with van der Waals surface area (Å²) in [6, 6.07) is 7.31. The molecule has 24 heavy (non-hydrogen) atoms. The molecule has 0 unspecified atom stereocenters. The van der Waals surface area contributed by atoms with Crippen LogP contribution < -0.4 is 5.56 Å². The Bertz CT molecular complexity index is 836. The summed E-state index contributed by atoms with van der Waals surface area (Å²) in [4.78, 5) is 26.8. The van der Waals surface area contributed by atoms with Crippen molar-refractivity contribution in [1.29, 1.82) is 0 Å². The summed E-state index contributed by atoms with van der Waals surface area (Å²) < 4.78 is 1.88. The summed E-state index contributed by atoms with van der Waals surface area (Å²) in [5, 5.41) is 7.15. The molecule has 0 spiro atoms. The highest BCUT2D eigenvalue weighted by Gasteiger charge is 2.36. The van der Waals surface area contributed by atoms with E-state index in [-0.39, 0.29) is 17.4 Å². The van der Waals surface area contributed by atoms with E-state index < -0.39 is 0 Å². The van der Waals surface area contributed by atoms with E-state index in [2.05, 4.69) is 24.0 Å². The van der Waals surface area contributed by atoms with E-state index >= 15 is 0 Å². The molecule has 0 aromatic carbocycles. The van der Waals surface area contributed by atoms with E-state index in [4.69, 9.17) is 0 Å². The molecule has 126 valence electrons. The third-order valence-electron chi connectivity index (χ3n) is 5.21. The highest BCUT2D eigenvalue weighted by molar-refractivity contribution is 5.92. The van der Waals surface area contributed by atoms with E-state index in [0.29, 0.717) is 37.2 Å². The van der Waals surface area contributed by atoms with Gasteiger partial charge in [-0.1, -0.05) is 19.9 Å². The van der Waals surface area contributed by atoms with Gasteiger partial charge >= 0.3 is 0 Å². The van der Waals surface area contributed by atoms with Gasteiger partial charge in [0, 0.05) is 43.0 Å². The molecule has 6 heteroatoms. The molecule has 0 saturated carbocycles. The Hall–Kier alpha value is -2.37. The molecule has 1 saturated heterocycles. The van der Waals surface area contributed by atoms with Crippen LogP contribution in [-0.2, 0) is 6.54 Å². The predicted molar refractivity (Wildman–Crippen MR) is 90.1 cm³/mol. The fourth-order valence-electron chi connectivity index (χ4n) is 3.97. The molecule has 2 aliphatic rings. The van der Waals surface area contributed by atoms with Gasteiger partial charge in [-0.3, -0.25) is 14.7 Å². The van der Waals surface area contributed by atoms with Crippen LogP contribution >= 0.6 is 0 Å². The lowest BCUT2D eigenvalue weighted by Gasteiger charge is -2.42. The predicted octanol–water partition coefficient (Wildman–Crippen LogP) is 1.95. The third-order valence-corrected chi connectivity index (χ3v) is 5.21. The molecule has 1 N–H and O–H groups in total. The minimum Gasteiger partial charge on any atom is -0.336 e. The number of nitrogens with zero attached hydrogens (tertiary/aromatic N) is 3. The highest BCUT2D eigenvalue weighted by Crippen LogP contribution is 2.35. The zero-order valence-electron chi connectivity index (χ0n) is 14.0. The van der Waals surface area contributed by atoms with Crippen molar-refractivity contribution in [3.8, 4) is 0 Å². The topological polar surface area (TPSA) is 71.0 Å². The van der Waals surface area contributed by atoms with Crippen LogP contribution in [0, 0.1) is 5.92 Å². The van der Waals surface area contributed by atoms with Gasteiger partial charge in [-0.15, -0.1) is 0 Å². The van der Waals surface area contributed by atoms with Crippen LogP contribution in [-0.4, -0.2) is 38.7 Å². The van der Waals surface area contributed by atoms with Crippen molar-refractivity contribution in [3.05, 3.63) is 51.7 Å². The maximum atomic E-state index is 12.8. The second-order valence-electron chi connectivity index (χ2n) is 7.27. The van der Waals surface area contributed by atoms with Crippen LogP contribution in [0.3, 0.4) is 0 Å². The van der Waals surface area contributed by atoms with Gasteiger partial charge in [0.1, 0.15) is 5.69 Å². The molecule has 2 aromatic heterocycles. The Morgan fingerprint density at radius 1 is 1.29 bits per heavy atom. The summed E-state index contributed by atoms with van der Waals surface area (Å²) in [6.07, 6.45) is 1.05. The number of aromatic amines is 1. The summed E-state index contributed by atoms with van der Waals surface area (Å²) in [7, 11) is 0. The van der Waals surface area contributed by atoms with Crippen LogP contribution in [0.1, 0.15) is 54.0 Å². The number of piperidine rings is 1. The van der Waals surface area contributed by atoms with E-state index in [9.17, 15) is 9.59 Å². The first-order valence-corrected chi connectivity index (χ1v) is 8.57. The molecule has 6 nitrogen and oxygen atoms in total. The molecule has 2 aliphatic heterocycles. The second kappa shape index (κ2) is 5.61. The highest BCUT2D eigenvalue weighted by atomic mass is 16.2. The van der Waals surface area contributed by atoms with Crippen molar-refractivity contribution >= 4 is 5.91 Å². The van der Waals surface area contributed by atoms with E-state index in [1.54, 1.807) is 6.07 Å². The van der Waals surface area contributed by atoms with Gasteiger partial charge in [-0.2, -0.15) is 5.10 Å². The molecule has 1 amide bonds. The van der Waals surface area contributed by atoms with Crippen molar-refractivity contribution in [2.75, 3.05) is 13.1 Å². The first kappa shape index (κ1) is 15.2. The molecule has 4 rings (SSSR count). The van der Waals surface area contributed by atoms with Crippen LogP contribution in [0.15, 0.2) is 29.1 Å². The summed E-state index contributed by atoms with van der Waals surface area (Å²) in [6.45, 7) is 6.19. The van der Waals surface area contributed by atoms with E-state index in [0.717, 1.165) is 17.8 Å². The van der Waals surface area contributed by atoms with Crippen LogP contribution in [0.5, 0.6) is 0 Å². The number of hydrogen-bond donors (Lipinski definition) is 1. The molecule has 2 atom stereocenters. The van der Waals surface area contributed by atoms with Gasteiger partial charge in [0.2, 0.25) is 0 Å². The minimum absolute atomic E-state index is 0.0143. The Morgan fingerprint density at radius 2 is 2.12 bits per heavy atom. The molecular weight excluding hydrogens is 304 g/mol. The molecule has 2 aromatic rings. The molecule has 0 radical (unpaired) electrons. The van der Waals surface area contributed by atoms with Gasteiger partial charge in [0.25, 0.3) is 11.5 Å². The number of likely N-dealkylation sites (tertiary alicyclic amines) is 1. The number of H-pyrrole nitrogens is 1. The van der Waals surface area contributed by atoms with Gasteiger partial charge in [0.05, 0.1) is 0 Å². The SMILES string of the molecule is CC(C)c1cc(C(=O)N2C[C@H]3C[C@@H](C2)c2cccc(=O)n2C3)n[nH]1. The van der Waals surface area contributed by atoms with Crippen molar-refractivity contribution in [2.45, 2.75) is 38.6 Å². The van der Waals surface area contributed by atoms with Crippen LogP contribution in [0.25, 0.3) is 0 Å². The third kappa shape index (κ3) is 2.46. The molecule has 1 fully saturated rings. The van der Waals surface area contributed by atoms with Crippen molar-refractivity contribution in [3.63, 3.8) is 0 Å². The number of nitrogens with one attached hydrogen (secondary N) is 1. The van der Waals surface area contributed by atoms with Crippen molar-refractivity contribution < 1.29 is 4.79 Å². The average Bonchev–Trinajstić information content (AvgIpc) is 3.05. The standard InChI is InChI=1S/C18H22N4O2/c1-11(2)14-7-15(20-19-14)18(24)21-8-12-6-13(10-21)16-4-3-5-17(23)22(16)9-12/h3-5,7,11-13H,6,8-10H2,1-2H3,(H,19,20)/t12-,13+/m1/s1. The van der Waals surface area contributed by atoms with Gasteiger partial charge < -0.3 is 9.47 Å². The van der Waals surface area contributed by atoms with E-state index in [1.807, 2.05) is 27.7 Å². The number of hydrogen-bond acceptors (Lipinski definition) is 3. The molecule has 2 bridgehead atoms. The maximum Gasteiger partial charge on any atom is 0.274 e. The smallest absolute Gasteiger partial charge is 0.274 e. The first-order chi connectivity index (χ1) is 11.5. The van der Waals surface area contributed by atoms with Gasteiger partial charge in [-0.05, 0) is 30.4 Å². The zero-order valence-corrected chi connectivity index (χ0v) is 14.0. The summed E-state index contributed by atoms with van der Waals surface area (Å²) >= 11 is 0. The summed E-state index contributed by atoms with van der Waals surface area (Å²) in [5.74, 6) is 0.876. The Balaban J connectivity index is 1.59. The lowest BCUT2D eigenvalue weighted by Crippen LogP contribution is -2.49. The largest absolute Gasteiger partial charge is 0.336 e. The number of fused-ring (bicyclic) bond motifs is 4. The molecule has 4 heterocycles. The number of rotatable bonds is 2. The number of amides is 1. The number of carbonyl (C=O) groups excluding carboxylic acids is 1. The maximum absolute atomic E-state index is 12.8. The molecule has 0 aliphatic carbocycles. The fraction of sp³-hybridized carbons (Fsp3) is 0.500. The molecular formula is C18H22N4O2. The zero-order chi connectivity index (χ0) is 16.8. The fourth-order valence-corrected chi connectivity index (χ4v) is 3.97. The summed E-state index contributed by atoms with van der Waals surface area (Å²) in [5.41, 5.74) is 2.59. The number of carbonyl (C=O) groups is 1. The first-order valence-electron chi connectivity index (χ1n) is 8.57. The Kier molecular flexibility index (Phi) is 3.55. The normalized spacial score (nSPS) is 22.5. The quantitative estimate of drug-likeness (QED) is 0.917. The van der Waals surface area contributed by atoms with Crippen molar-refractivity contribution in [2.24, 2.45) is 5.92 Å². The lowest BCUT2D eigenvalue weighted by molar-refractivity contribution is 0.0588. The number of aromatic nitrogens is 3. The van der Waals surface area contributed by atoms with Gasteiger partial charge in [0.15, 0.2) is 0 Å². The van der Waals surface area contributed by atoms with Gasteiger partial charge in [-0.25, -0.2) is 0 Å². The van der Waals surface area contributed by atoms with E-state index in [1.165, 1.54) is 0 Å². The lowest BCUT2D eigenvalue weighted by atomic mass is 9.83. The second-order valence-corrected chi connectivity index (χ2v) is 7.27.